The molecule has 2 unspecified atom stereocenters. The zero-order valence-corrected chi connectivity index (χ0v) is 13.2. The minimum absolute atomic E-state index is 0.132. The summed E-state index contributed by atoms with van der Waals surface area (Å²) in [6, 6.07) is 1.25. The van der Waals surface area contributed by atoms with Crippen molar-refractivity contribution in [1.29, 1.82) is 0 Å². The molecule has 112 valence electrons. The highest BCUT2D eigenvalue weighted by molar-refractivity contribution is 7.89. The fourth-order valence-corrected chi connectivity index (χ4v) is 5.00. The molecule has 0 aromatic carbocycles. The highest BCUT2D eigenvalue weighted by Crippen LogP contribution is 2.32. The van der Waals surface area contributed by atoms with Crippen LogP contribution in [0.3, 0.4) is 0 Å². The zero-order valence-electron chi connectivity index (χ0n) is 11.6. The molecule has 2 heterocycles. The Kier molecular flexibility index (Phi) is 5.52. The quantitative estimate of drug-likeness (QED) is 0.602. The van der Waals surface area contributed by atoms with Gasteiger partial charge in [-0.15, -0.1) is 11.6 Å². The van der Waals surface area contributed by atoms with Crippen LogP contribution in [0.1, 0.15) is 44.9 Å². The Morgan fingerprint density at radius 2 is 1.84 bits per heavy atom. The third kappa shape index (κ3) is 4.31. The maximum atomic E-state index is 12.0. The van der Waals surface area contributed by atoms with Crippen LogP contribution in [0.5, 0.6) is 0 Å². The fraction of sp³-hybridized carbons (Fsp3) is 1.00. The molecule has 0 aromatic rings. The Morgan fingerprint density at radius 3 is 2.42 bits per heavy atom. The summed E-state index contributed by atoms with van der Waals surface area (Å²) in [4.78, 5) is 2.45. The van der Waals surface area contributed by atoms with E-state index in [1.807, 2.05) is 0 Å². The smallest absolute Gasteiger partial charge is 0.211 e. The van der Waals surface area contributed by atoms with E-state index in [1.165, 1.54) is 19.3 Å². The normalized spacial score (nSPS) is 32.4. The summed E-state index contributed by atoms with van der Waals surface area (Å²) in [6.45, 7) is 0. The van der Waals surface area contributed by atoms with Crippen molar-refractivity contribution in [2.75, 3.05) is 18.7 Å². The zero-order chi connectivity index (χ0) is 13.9. The van der Waals surface area contributed by atoms with E-state index >= 15 is 0 Å². The topological polar surface area (TPSA) is 49.4 Å². The highest BCUT2D eigenvalue weighted by Gasteiger charge is 2.37. The van der Waals surface area contributed by atoms with Gasteiger partial charge in [0, 0.05) is 24.0 Å². The Morgan fingerprint density at radius 1 is 1.21 bits per heavy atom. The lowest BCUT2D eigenvalue weighted by molar-refractivity contribution is 0.0536. The number of unbranched alkanes of at least 4 members (excludes halogenated alkanes) is 1. The molecule has 2 saturated heterocycles. The Hall–Kier alpha value is 0.160. The number of hydrogen-bond acceptors (Lipinski definition) is 3. The van der Waals surface area contributed by atoms with Gasteiger partial charge in [-0.1, -0.05) is 6.42 Å². The molecule has 2 atom stereocenters. The average molecular weight is 309 g/mol. The van der Waals surface area contributed by atoms with E-state index in [-0.39, 0.29) is 11.8 Å². The molecular formula is C13H25ClN2O2S. The molecule has 0 aliphatic carbocycles. The van der Waals surface area contributed by atoms with Crippen molar-refractivity contribution in [1.82, 2.24) is 9.62 Å². The summed E-state index contributed by atoms with van der Waals surface area (Å²) in [5, 5.41) is 0. The maximum Gasteiger partial charge on any atom is 0.211 e. The van der Waals surface area contributed by atoms with E-state index in [9.17, 15) is 8.42 Å². The van der Waals surface area contributed by atoms with E-state index < -0.39 is 10.0 Å². The number of alkyl halides is 1. The summed E-state index contributed by atoms with van der Waals surface area (Å²) < 4.78 is 26.9. The number of nitrogens with zero attached hydrogens (tertiary/aromatic N) is 1. The monoisotopic (exact) mass is 308 g/mol. The van der Waals surface area contributed by atoms with E-state index in [0.29, 0.717) is 24.4 Å². The molecular weight excluding hydrogens is 284 g/mol. The van der Waals surface area contributed by atoms with Crippen LogP contribution in [-0.4, -0.2) is 50.1 Å². The van der Waals surface area contributed by atoms with Gasteiger partial charge in [0.2, 0.25) is 10.0 Å². The van der Waals surface area contributed by atoms with Gasteiger partial charge in [-0.25, -0.2) is 13.1 Å². The van der Waals surface area contributed by atoms with Gasteiger partial charge in [0.05, 0.1) is 5.75 Å². The number of piperidine rings is 2. The summed E-state index contributed by atoms with van der Waals surface area (Å²) in [6.07, 6.45) is 7.03. The third-order valence-corrected chi connectivity index (χ3v) is 6.27. The van der Waals surface area contributed by atoms with Crippen molar-refractivity contribution in [3.8, 4) is 0 Å². The first kappa shape index (κ1) is 15.5. The van der Waals surface area contributed by atoms with Gasteiger partial charge in [-0.3, -0.25) is 0 Å². The van der Waals surface area contributed by atoms with E-state index in [2.05, 4.69) is 16.7 Å². The molecule has 2 fully saturated rings. The van der Waals surface area contributed by atoms with Gasteiger partial charge in [0.1, 0.15) is 0 Å². The Bertz CT molecular complexity index is 374. The van der Waals surface area contributed by atoms with Gasteiger partial charge in [-0.05, 0) is 45.6 Å². The molecule has 2 aliphatic rings. The second-order valence-electron chi connectivity index (χ2n) is 5.91. The van der Waals surface area contributed by atoms with Crippen molar-refractivity contribution >= 4 is 21.6 Å². The van der Waals surface area contributed by atoms with E-state index in [0.717, 1.165) is 19.3 Å². The molecule has 2 bridgehead atoms. The predicted octanol–water partition coefficient (Wildman–Crippen LogP) is 1.94. The summed E-state index contributed by atoms with van der Waals surface area (Å²) in [7, 11) is -0.949. The van der Waals surface area contributed by atoms with Crippen LogP contribution in [-0.2, 0) is 10.0 Å². The molecule has 4 nitrogen and oxygen atoms in total. The molecule has 1 N–H and O–H groups in total. The van der Waals surface area contributed by atoms with Gasteiger partial charge >= 0.3 is 0 Å². The van der Waals surface area contributed by atoms with Gasteiger partial charge in [0.15, 0.2) is 0 Å². The molecule has 6 heteroatoms. The van der Waals surface area contributed by atoms with Crippen LogP contribution in [0.25, 0.3) is 0 Å². The largest absolute Gasteiger partial charge is 0.300 e. The second-order valence-corrected chi connectivity index (χ2v) is 8.16. The first-order chi connectivity index (χ1) is 9.02. The molecule has 0 amide bonds. The van der Waals surface area contributed by atoms with Crippen molar-refractivity contribution < 1.29 is 8.42 Å². The first-order valence-electron chi connectivity index (χ1n) is 7.30. The van der Waals surface area contributed by atoms with Crippen LogP contribution in [0.15, 0.2) is 0 Å². The number of sulfonamides is 1. The second kappa shape index (κ2) is 6.74. The maximum absolute atomic E-state index is 12.0. The minimum atomic E-state index is -3.13. The summed E-state index contributed by atoms with van der Waals surface area (Å²) >= 11 is 5.58. The highest BCUT2D eigenvalue weighted by atomic mass is 35.5. The summed E-state index contributed by atoms with van der Waals surface area (Å²) in [5.74, 6) is 0.745. The van der Waals surface area contributed by atoms with Crippen LogP contribution in [0, 0.1) is 0 Å². The van der Waals surface area contributed by atoms with Crippen LogP contribution in [0.4, 0.5) is 0 Å². The first-order valence-corrected chi connectivity index (χ1v) is 9.48. The molecule has 0 aromatic heterocycles. The Balaban J connectivity index is 1.86. The molecule has 2 aliphatic heterocycles. The van der Waals surface area contributed by atoms with E-state index in [4.69, 9.17) is 11.6 Å². The lowest BCUT2D eigenvalue weighted by Crippen LogP contribution is -2.55. The molecule has 0 spiro atoms. The Labute approximate surface area is 121 Å². The number of nitrogens with one attached hydrogen (secondary N) is 1. The van der Waals surface area contributed by atoms with Crippen molar-refractivity contribution in [3.05, 3.63) is 0 Å². The molecule has 2 rings (SSSR count). The van der Waals surface area contributed by atoms with Crippen molar-refractivity contribution in [3.63, 3.8) is 0 Å². The average Bonchev–Trinajstić information content (AvgIpc) is 2.30. The molecule has 0 radical (unpaired) electrons. The standard InChI is InChI=1S/C13H25ClN2O2S/c1-16-12-5-4-6-13(16)10-11(9-12)15-19(17,18)8-3-2-7-14/h11-13,15H,2-10H2,1H3. The van der Waals surface area contributed by atoms with E-state index in [1.54, 1.807) is 0 Å². The molecule has 19 heavy (non-hydrogen) atoms. The SMILES string of the molecule is CN1C2CCCC1CC(NS(=O)(=O)CCCCCl)C2. The van der Waals surface area contributed by atoms with Crippen molar-refractivity contribution in [2.24, 2.45) is 0 Å². The summed E-state index contributed by atoms with van der Waals surface area (Å²) in [5.41, 5.74) is 0. The number of rotatable bonds is 6. The third-order valence-electron chi connectivity index (χ3n) is 4.48. The molecule has 0 saturated carbocycles. The van der Waals surface area contributed by atoms with Gasteiger partial charge < -0.3 is 4.90 Å². The van der Waals surface area contributed by atoms with Crippen LogP contribution < -0.4 is 4.72 Å². The lowest BCUT2D eigenvalue weighted by Gasteiger charge is -2.47. The number of hydrogen-bond donors (Lipinski definition) is 1. The van der Waals surface area contributed by atoms with Gasteiger partial charge in [0.25, 0.3) is 0 Å². The number of halogens is 1. The van der Waals surface area contributed by atoms with Crippen LogP contribution >= 0.6 is 11.6 Å². The fourth-order valence-electron chi connectivity index (χ4n) is 3.41. The van der Waals surface area contributed by atoms with Crippen molar-refractivity contribution in [2.45, 2.75) is 63.1 Å². The number of fused-ring (bicyclic) bond motifs is 2. The van der Waals surface area contributed by atoms with Gasteiger partial charge in [-0.2, -0.15) is 0 Å². The predicted molar refractivity (Wildman–Crippen MR) is 79.1 cm³/mol. The lowest BCUT2D eigenvalue weighted by atomic mass is 9.83. The minimum Gasteiger partial charge on any atom is -0.300 e. The van der Waals surface area contributed by atoms with Crippen LogP contribution in [0.2, 0.25) is 0 Å².